The lowest BCUT2D eigenvalue weighted by Crippen LogP contribution is -2.15. The third-order valence-corrected chi connectivity index (χ3v) is 3.43. The number of anilines is 1. The summed E-state index contributed by atoms with van der Waals surface area (Å²) in [4.78, 5) is 15.8. The summed E-state index contributed by atoms with van der Waals surface area (Å²) in [6, 6.07) is 7.64. The molecule has 0 radical (unpaired) electrons. The van der Waals surface area contributed by atoms with E-state index in [1.165, 1.54) is 6.33 Å². The van der Waals surface area contributed by atoms with Crippen molar-refractivity contribution >= 4 is 23.5 Å². The first-order valence-corrected chi connectivity index (χ1v) is 6.04. The molecule has 2 aromatic rings. The molecule has 1 heterocycles. The van der Waals surface area contributed by atoms with E-state index in [1.807, 2.05) is 24.3 Å². The van der Waals surface area contributed by atoms with Gasteiger partial charge in [0.2, 0.25) is 11.9 Å². The third kappa shape index (κ3) is 2.09. The molecule has 0 bridgehead atoms. The first-order chi connectivity index (χ1) is 8.75. The number of nitrogens with one attached hydrogen (secondary N) is 2. The minimum absolute atomic E-state index is 0.0324. The number of nitrogens with zero attached hydrogens (tertiary/aromatic N) is 2. The summed E-state index contributed by atoms with van der Waals surface area (Å²) in [7, 11) is 0. The molecule has 18 heavy (non-hydrogen) atoms. The number of carbonyl (C=O) groups excluding carboxylic acids is 1. The molecule has 1 fully saturated rings. The molecule has 1 saturated carbocycles. The van der Waals surface area contributed by atoms with E-state index in [-0.39, 0.29) is 17.7 Å². The summed E-state index contributed by atoms with van der Waals surface area (Å²) in [5, 5.41) is 9.68. The Labute approximate surface area is 109 Å². The van der Waals surface area contributed by atoms with Crippen LogP contribution in [0.4, 0.5) is 5.95 Å². The molecule has 3 rings (SSSR count). The van der Waals surface area contributed by atoms with Crippen LogP contribution in [-0.4, -0.2) is 21.1 Å². The van der Waals surface area contributed by atoms with E-state index in [0.717, 1.165) is 17.0 Å². The Hall–Kier alpha value is -1.88. The van der Waals surface area contributed by atoms with E-state index in [9.17, 15) is 4.79 Å². The number of amides is 1. The van der Waals surface area contributed by atoms with E-state index in [0.29, 0.717) is 5.95 Å². The van der Waals surface area contributed by atoms with Crippen LogP contribution < -0.4 is 5.32 Å². The van der Waals surface area contributed by atoms with Crippen molar-refractivity contribution in [2.24, 2.45) is 5.92 Å². The lowest BCUT2D eigenvalue weighted by Gasteiger charge is -2.03. The largest absolute Gasteiger partial charge is 0.295 e. The molecule has 1 aromatic heterocycles. The minimum atomic E-state index is -0.0448. The van der Waals surface area contributed by atoms with Crippen LogP contribution in [0.3, 0.4) is 0 Å². The first kappa shape index (κ1) is 11.2. The van der Waals surface area contributed by atoms with Crippen molar-refractivity contribution in [3.63, 3.8) is 0 Å². The molecule has 5 nitrogen and oxygen atoms in total. The second-order valence-electron chi connectivity index (χ2n) is 4.29. The van der Waals surface area contributed by atoms with Gasteiger partial charge in [-0.15, -0.1) is 0 Å². The number of benzene rings is 1. The lowest BCUT2D eigenvalue weighted by atomic mass is 10.1. The van der Waals surface area contributed by atoms with Gasteiger partial charge in [-0.05, 0) is 24.0 Å². The van der Waals surface area contributed by atoms with Crippen LogP contribution in [0, 0.1) is 5.92 Å². The van der Waals surface area contributed by atoms with Crippen LogP contribution in [0.2, 0.25) is 5.02 Å². The topological polar surface area (TPSA) is 70.7 Å². The van der Waals surface area contributed by atoms with Crippen LogP contribution in [-0.2, 0) is 4.79 Å². The van der Waals surface area contributed by atoms with Crippen molar-refractivity contribution in [1.82, 2.24) is 15.2 Å². The van der Waals surface area contributed by atoms with Gasteiger partial charge in [-0.2, -0.15) is 10.1 Å². The van der Waals surface area contributed by atoms with Crippen molar-refractivity contribution in [2.75, 3.05) is 5.32 Å². The van der Waals surface area contributed by atoms with Gasteiger partial charge in [0.15, 0.2) is 0 Å². The Balaban J connectivity index is 1.67. The molecule has 92 valence electrons. The number of hydrogen-bond donors (Lipinski definition) is 2. The molecule has 1 aliphatic rings. The van der Waals surface area contributed by atoms with Gasteiger partial charge < -0.3 is 0 Å². The summed E-state index contributed by atoms with van der Waals surface area (Å²) in [5.41, 5.74) is 1.04. The summed E-state index contributed by atoms with van der Waals surface area (Å²) >= 11 is 6.11. The van der Waals surface area contributed by atoms with Crippen molar-refractivity contribution in [1.29, 1.82) is 0 Å². The van der Waals surface area contributed by atoms with Gasteiger partial charge >= 0.3 is 0 Å². The highest BCUT2D eigenvalue weighted by Crippen LogP contribution is 2.49. The molecule has 0 saturated heterocycles. The molecule has 1 amide bonds. The van der Waals surface area contributed by atoms with E-state index >= 15 is 0 Å². The van der Waals surface area contributed by atoms with Gasteiger partial charge in [0.1, 0.15) is 6.33 Å². The fourth-order valence-electron chi connectivity index (χ4n) is 2.08. The monoisotopic (exact) mass is 262 g/mol. The maximum absolute atomic E-state index is 11.9. The number of H-pyrrole nitrogens is 1. The number of rotatable bonds is 3. The predicted octanol–water partition coefficient (Wildman–Crippen LogP) is 2.20. The molecular formula is C12H11ClN4O. The maximum Gasteiger partial charge on any atom is 0.230 e. The van der Waals surface area contributed by atoms with Crippen molar-refractivity contribution in [3.05, 3.63) is 41.2 Å². The second-order valence-corrected chi connectivity index (χ2v) is 4.70. The Morgan fingerprint density at radius 2 is 2.28 bits per heavy atom. The van der Waals surface area contributed by atoms with Crippen LogP contribution >= 0.6 is 11.6 Å². The highest BCUT2D eigenvalue weighted by molar-refractivity contribution is 6.31. The first-order valence-electron chi connectivity index (χ1n) is 5.66. The molecule has 0 aliphatic heterocycles. The third-order valence-electron chi connectivity index (χ3n) is 3.09. The standard InChI is InChI=1S/C12H11ClN4O/c13-10-4-2-1-3-7(10)8-5-9(8)11(18)16-12-14-6-15-17-12/h1-4,6,8-9H,5H2,(H2,14,15,16,17,18). The van der Waals surface area contributed by atoms with Crippen LogP contribution in [0.15, 0.2) is 30.6 Å². The van der Waals surface area contributed by atoms with E-state index in [4.69, 9.17) is 11.6 Å². The summed E-state index contributed by atoms with van der Waals surface area (Å²) in [5.74, 6) is 0.512. The van der Waals surface area contributed by atoms with Crippen LogP contribution in [0.25, 0.3) is 0 Å². The molecule has 0 spiro atoms. The lowest BCUT2D eigenvalue weighted by molar-refractivity contribution is -0.117. The summed E-state index contributed by atoms with van der Waals surface area (Å²) in [6.45, 7) is 0. The van der Waals surface area contributed by atoms with Crippen LogP contribution in [0.1, 0.15) is 17.9 Å². The van der Waals surface area contributed by atoms with Gasteiger partial charge in [-0.25, -0.2) is 5.10 Å². The molecule has 1 aromatic carbocycles. The molecule has 1 aliphatic carbocycles. The predicted molar refractivity (Wildman–Crippen MR) is 67.3 cm³/mol. The smallest absolute Gasteiger partial charge is 0.230 e. The summed E-state index contributed by atoms with van der Waals surface area (Å²) < 4.78 is 0. The van der Waals surface area contributed by atoms with E-state index in [2.05, 4.69) is 20.5 Å². The number of carbonyl (C=O) groups is 1. The quantitative estimate of drug-likeness (QED) is 0.891. The van der Waals surface area contributed by atoms with Crippen molar-refractivity contribution in [3.8, 4) is 0 Å². The SMILES string of the molecule is O=C(Nc1ncn[nH]1)C1CC1c1ccccc1Cl. The van der Waals surface area contributed by atoms with Gasteiger partial charge in [-0.1, -0.05) is 29.8 Å². The zero-order chi connectivity index (χ0) is 12.5. The number of hydrogen-bond acceptors (Lipinski definition) is 3. The zero-order valence-electron chi connectivity index (χ0n) is 9.43. The molecule has 6 heteroatoms. The van der Waals surface area contributed by atoms with E-state index in [1.54, 1.807) is 0 Å². The molecule has 2 unspecified atom stereocenters. The average molecular weight is 263 g/mol. The maximum atomic E-state index is 11.9. The van der Waals surface area contributed by atoms with Gasteiger partial charge in [-0.3, -0.25) is 10.1 Å². The average Bonchev–Trinajstić information content (AvgIpc) is 3.00. The Morgan fingerprint density at radius 1 is 1.44 bits per heavy atom. The van der Waals surface area contributed by atoms with Gasteiger partial charge in [0.05, 0.1) is 0 Å². The van der Waals surface area contributed by atoms with Crippen molar-refractivity contribution in [2.45, 2.75) is 12.3 Å². The van der Waals surface area contributed by atoms with Gasteiger partial charge in [0.25, 0.3) is 0 Å². The molecule has 2 atom stereocenters. The zero-order valence-corrected chi connectivity index (χ0v) is 10.2. The second kappa shape index (κ2) is 4.42. The molecular weight excluding hydrogens is 252 g/mol. The number of aromatic nitrogens is 3. The highest BCUT2D eigenvalue weighted by atomic mass is 35.5. The fourth-order valence-corrected chi connectivity index (χ4v) is 2.36. The minimum Gasteiger partial charge on any atom is -0.295 e. The summed E-state index contributed by atoms with van der Waals surface area (Å²) in [6.07, 6.45) is 2.18. The normalized spacial score (nSPS) is 21.6. The highest BCUT2D eigenvalue weighted by Gasteiger charge is 2.44. The Morgan fingerprint density at radius 3 is 3.00 bits per heavy atom. The number of aromatic amines is 1. The Bertz CT molecular complexity index is 569. The van der Waals surface area contributed by atoms with E-state index < -0.39 is 0 Å². The number of halogens is 1. The Kier molecular flexibility index (Phi) is 2.76. The van der Waals surface area contributed by atoms with Crippen molar-refractivity contribution < 1.29 is 4.79 Å². The van der Waals surface area contributed by atoms with Crippen LogP contribution in [0.5, 0.6) is 0 Å². The fraction of sp³-hybridized carbons (Fsp3) is 0.250. The molecule has 2 N–H and O–H groups in total. The van der Waals surface area contributed by atoms with Gasteiger partial charge in [0, 0.05) is 10.9 Å².